The third-order valence-corrected chi connectivity index (χ3v) is 6.65. The number of rotatable bonds is 5. The van der Waals surface area contributed by atoms with Crippen molar-refractivity contribution in [1.82, 2.24) is 0 Å². The molecule has 0 saturated heterocycles. The highest BCUT2D eigenvalue weighted by Crippen LogP contribution is 2.31. The molecule has 0 saturated carbocycles. The second kappa shape index (κ2) is 7.96. The van der Waals surface area contributed by atoms with Gasteiger partial charge in [-0.25, -0.2) is 12.8 Å². The first-order valence-corrected chi connectivity index (χ1v) is 10.6. The average Bonchev–Trinajstić information content (AvgIpc) is 3.14. The fourth-order valence-electron chi connectivity index (χ4n) is 2.56. The van der Waals surface area contributed by atoms with Crippen LogP contribution in [0.4, 0.5) is 23.2 Å². The largest absolute Gasteiger partial charge is 0.416 e. The molecule has 1 N–H and O–H groups in total. The van der Waals surface area contributed by atoms with Gasteiger partial charge in [0.15, 0.2) is 9.84 Å². The van der Waals surface area contributed by atoms with E-state index in [9.17, 15) is 30.8 Å². The topological polar surface area (TPSA) is 63.2 Å². The number of sulfone groups is 1. The lowest BCUT2D eigenvalue weighted by Gasteiger charge is -2.10. The van der Waals surface area contributed by atoms with Crippen molar-refractivity contribution in [2.45, 2.75) is 16.8 Å². The number of benzene rings is 2. The zero-order valence-corrected chi connectivity index (χ0v) is 16.2. The first-order chi connectivity index (χ1) is 13.6. The number of alkyl halides is 3. The van der Waals surface area contributed by atoms with Crippen LogP contribution >= 0.6 is 11.3 Å². The predicted molar refractivity (Wildman–Crippen MR) is 101 cm³/mol. The minimum absolute atomic E-state index is 0.0454. The summed E-state index contributed by atoms with van der Waals surface area (Å²) < 4.78 is 77.0. The second-order valence-electron chi connectivity index (χ2n) is 6.03. The molecule has 0 atom stereocenters. The van der Waals surface area contributed by atoms with Gasteiger partial charge in [-0.05, 0) is 47.3 Å². The lowest BCUT2D eigenvalue weighted by Crippen LogP contribution is -2.15. The molecule has 0 aliphatic rings. The standard InChI is InChI=1S/C19H13F4NO3S2/c20-14-4-6-15(7-5-14)24-18(25)17-16(8-9-28-17)29(26,27)11-12-2-1-3-13(10-12)19(21,22)23/h1-10H,11H2,(H,24,25). The van der Waals surface area contributed by atoms with Crippen molar-refractivity contribution in [3.05, 3.63) is 81.8 Å². The Balaban J connectivity index is 1.85. The SMILES string of the molecule is O=C(Nc1ccc(F)cc1)c1sccc1S(=O)(=O)Cc1cccc(C(F)(F)F)c1. The molecule has 0 radical (unpaired) electrons. The molecule has 29 heavy (non-hydrogen) atoms. The maximum atomic E-state index is 13.0. The molecular weight excluding hydrogens is 430 g/mol. The maximum Gasteiger partial charge on any atom is 0.416 e. The van der Waals surface area contributed by atoms with Gasteiger partial charge >= 0.3 is 6.18 Å². The molecule has 0 fully saturated rings. The third-order valence-electron chi connectivity index (χ3n) is 3.88. The lowest BCUT2D eigenvalue weighted by atomic mass is 10.1. The molecule has 1 amide bonds. The molecule has 3 aromatic rings. The number of hydrogen-bond donors (Lipinski definition) is 1. The van der Waals surface area contributed by atoms with Crippen molar-refractivity contribution in [2.24, 2.45) is 0 Å². The van der Waals surface area contributed by atoms with Crippen LogP contribution in [0.15, 0.2) is 64.9 Å². The predicted octanol–water partition coefficient (Wildman–Crippen LogP) is 5.13. The van der Waals surface area contributed by atoms with Crippen LogP contribution in [0.3, 0.4) is 0 Å². The zero-order chi connectivity index (χ0) is 21.2. The van der Waals surface area contributed by atoms with Gasteiger partial charge in [-0.15, -0.1) is 11.3 Å². The van der Waals surface area contributed by atoms with Crippen LogP contribution in [0, 0.1) is 5.82 Å². The van der Waals surface area contributed by atoms with Gasteiger partial charge in [0, 0.05) is 5.69 Å². The van der Waals surface area contributed by atoms with Crippen LogP contribution in [-0.4, -0.2) is 14.3 Å². The van der Waals surface area contributed by atoms with Gasteiger partial charge in [0.2, 0.25) is 0 Å². The molecule has 0 unspecified atom stereocenters. The summed E-state index contributed by atoms with van der Waals surface area (Å²) in [7, 11) is -4.08. The van der Waals surface area contributed by atoms with Crippen molar-refractivity contribution < 1.29 is 30.8 Å². The molecule has 3 rings (SSSR count). The van der Waals surface area contributed by atoms with Crippen molar-refractivity contribution in [1.29, 1.82) is 0 Å². The molecule has 2 aromatic carbocycles. The van der Waals surface area contributed by atoms with Gasteiger partial charge in [0.05, 0.1) is 16.2 Å². The summed E-state index contributed by atoms with van der Waals surface area (Å²) in [4.78, 5) is 12.1. The van der Waals surface area contributed by atoms with E-state index in [-0.39, 0.29) is 21.0 Å². The number of anilines is 1. The Kier molecular flexibility index (Phi) is 5.76. The summed E-state index contributed by atoms with van der Waals surface area (Å²) in [5, 5.41) is 3.87. The summed E-state index contributed by atoms with van der Waals surface area (Å²) in [5.41, 5.74) is -0.730. The van der Waals surface area contributed by atoms with E-state index >= 15 is 0 Å². The van der Waals surface area contributed by atoms with Crippen LogP contribution in [0.1, 0.15) is 20.8 Å². The molecule has 0 bridgehead atoms. The summed E-state index contributed by atoms with van der Waals surface area (Å²) in [6.07, 6.45) is -4.59. The smallest absolute Gasteiger partial charge is 0.321 e. The Morgan fingerprint density at radius 2 is 1.72 bits per heavy atom. The summed E-state index contributed by atoms with van der Waals surface area (Å²) in [6.45, 7) is 0. The number of thiophene rings is 1. The minimum atomic E-state index is -4.59. The van der Waals surface area contributed by atoms with E-state index < -0.39 is 39.1 Å². The van der Waals surface area contributed by atoms with E-state index in [1.54, 1.807) is 0 Å². The molecule has 152 valence electrons. The van der Waals surface area contributed by atoms with E-state index in [0.29, 0.717) is 0 Å². The van der Waals surface area contributed by atoms with E-state index in [2.05, 4.69) is 5.32 Å². The molecule has 4 nitrogen and oxygen atoms in total. The third kappa shape index (κ3) is 5.01. The average molecular weight is 443 g/mol. The number of hydrogen-bond acceptors (Lipinski definition) is 4. The number of amides is 1. The van der Waals surface area contributed by atoms with Crippen LogP contribution < -0.4 is 5.32 Å². The van der Waals surface area contributed by atoms with Gasteiger partial charge in [0.25, 0.3) is 5.91 Å². The number of halogens is 4. The molecule has 0 spiro atoms. The maximum absolute atomic E-state index is 13.0. The molecule has 1 aromatic heterocycles. The van der Waals surface area contributed by atoms with Crippen molar-refractivity contribution >= 4 is 32.8 Å². The van der Waals surface area contributed by atoms with E-state index in [4.69, 9.17) is 0 Å². The highest BCUT2D eigenvalue weighted by atomic mass is 32.2. The number of carbonyl (C=O) groups is 1. The van der Waals surface area contributed by atoms with Crippen LogP contribution in [0.2, 0.25) is 0 Å². The Bertz CT molecular complexity index is 1140. The Hall–Kier alpha value is -2.72. The van der Waals surface area contributed by atoms with Crippen LogP contribution in [-0.2, 0) is 21.8 Å². The van der Waals surface area contributed by atoms with Crippen LogP contribution in [0.25, 0.3) is 0 Å². The van der Waals surface area contributed by atoms with Gasteiger partial charge in [-0.2, -0.15) is 13.2 Å². The van der Waals surface area contributed by atoms with Gasteiger partial charge < -0.3 is 5.32 Å². The fourth-order valence-corrected chi connectivity index (χ4v) is 5.28. The first kappa shape index (κ1) is 21.0. The van der Waals surface area contributed by atoms with Crippen molar-refractivity contribution in [3.8, 4) is 0 Å². The number of nitrogens with one attached hydrogen (secondary N) is 1. The van der Waals surface area contributed by atoms with Crippen molar-refractivity contribution in [3.63, 3.8) is 0 Å². The quantitative estimate of drug-likeness (QED) is 0.556. The Morgan fingerprint density at radius 3 is 2.38 bits per heavy atom. The molecule has 0 aliphatic heterocycles. The highest BCUT2D eigenvalue weighted by molar-refractivity contribution is 7.90. The van der Waals surface area contributed by atoms with Crippen LogP contribution in [0.5, 0.6) is 0 Å². The summed E-state index contributed by atoms with van der Waals surface area (Å²) in [6, 6.07) is 10.2. The van der Waals surface area contributed by atoms with Gasteiger partial charge in [-0.3, -0.25) is 4.79 Å². The number of carbonyl (C=O) groups excluding carboxylic acids is 1. The molecule has 10 heteroatoms. The van der Waals surface area contributed by atoms with E-state index in [1.807, 2.05) is 0 Å². The van der Waals surface area contributed by atoms with Crippen molar-refractivity contribution in [2.75, 3.05) is 5.32 Å². The minimum Gasteiger partial charge on any atom is -0.321 e. The zero-order valence-electron chi connectivity index (χ0n) is 14.5. The Labute approximate surface area is 167 Å². The molecule has 1 heterocycles. The Morgan fingerprint density at radius 1 is 1.03 bits per heavy atom. The van der Waals surface area contributed by atoms with Gasteiger partial charge in [-0.1, -0.05) is 18.2 Å². The molecule has 0 aliphatic carbocycles. The fraction of sp³-hybridized carbons (Fsp3) is 0.105. The second-order valence-corrected chi connectivity index (χ2v) is 8.91. The molecular formula is C19H13F4NO3S2. The highest BCUT2D eigenvalue weighted by Gasteiger charge is 2.31. The lowest BCUT2D eigenvalue weighted by molar-refractivity contribution is -0.137. The first-order valence-electron chi connectivity index (χ1n) is 8.09. The van der Waals surface area contributed by atoms with Gasteiger partial charge in [0.1, 0.15) is 10.7 Å². The monoisotopic (exact) mass is 443 g/mol. The summed E-state index contributed by atoms with van der Waals surface area (Å²) in [5.74, 6) is -1.90. The summed E-state index contributed by atoms with van der Waals surface area (Å²) >= 11 is 0.880. The van der Waals surface area contributed by atoms with E-state index in [0.717, 1.165) is 41.7 Å². The normalized spacial score (nSPS) is 12.0. The van der Waals surface area contributed by atoms with E-state index in [1.165, 1.54) is 29.6 Å².